The van der Waals surface area contributed by atoms with Gasteiger partial charge < -0.3 is 14.9 Å². The van der Waals surface area contributed by atoms with Crippen molar-refractivity contribution < 1.29 is 24.1 Å². The van der Waals surface area contributed by atoms with Crippen LogP contribution in [0.1, 0.15) is 35.2 Å². The molecular weight excluding hydrogens is 239 g/mol. The standard InChI is InChI=1S/C13H17FO4/c14-12-5-4-10(13(16)17)8-11(12)9-18-7-3-1-2-6-15/h4-5,8,15H,1-3,6-7,9H2,(H,16,17). The Kier molecular flexibility index (Phi) is 6.32. The molecule has 100 valence electrons. The van der Waals surface area contributed by atoms with Crippen molar-refractivity contribution in [1.29, 1.82) is 0 Å². The van der Waals surface area contributed by atoms with Gasteiger partial charge in [0.25, 0.3) is 0 Å². The number of unbranched alkanes of at least 4 members (excludes halogenated alkanes) is 2. The summed E-state index contributed by atoms with van der Waals surface area (Å²) in [6.07, 6.45) is 2.38. The van der Waals surface area contributed by atoms with Gasteiger partial charge in [-0.25, -0.2) is 9.18 Å². The van der Waals surface area contributed by atoms with E-state index in [2.05, 4.69) is 0 Å². The lowest BCUT2D eigenvalue weighted by Gasteiger charge is -2.06. The van der Waals surface area contributed by atoms with Crippen molar-refractivity contribution in [3.63, 3.8) is 0 Å². The fourth-order valence-electron chi connectivity index (χ4n) is 1.49. The van der Waals surface area contributed by atoms with Crippen molar-refractivity contribution >= 4 is 5.97 Å². The normalized spacial score (nSPS) is 10.6. The van der Waals surface area contributed by atoms with Gasteiger partial charge in [0.15, 0.2) is 0 Å². The van der Waals surface area contributed by atoms with Crippen LogP contribution in [0.4, 0.5) is 4.39 Å². The molecule has 5 heteroatoms. The van der Waals surface area contributed by atoms with Gasteiger partial charge in [-0.15, -0.1) is 0 Å². The van der Waals surface area contributed by atoms with Gasteiger partial charge in [0.2, 0.25) is 0 Å². The van der Waals surface area contributed by atoms with Crippen LogP contribution in [0.5, 0.6) is 0 Å². The number of ether oxygens (including phenoxy) is 1. The quantitative estimate of drug-likeness (QED) is 0.700. The highest BCUT2D eigenvalue weighted by atomic mass is 19.1. The van der Waals surface area contributed by atoms with Gasteiger partial charge in [-0.05, 0) is 37.5 Å². The van der Waals surface area contributed by atoms with Crippen LogP contribution in [0.15, 0.2) is 18.2 Å². The third-order valence-electron chi connectivity index (χ3n) is 2.50. The molecule has 0 unspecified atom stereocenters. The van der Waals surface area contributed by atoms with E-state index in [-0.39, 0.29) is 24.3 Å². The van der Waals surface area contributed by atoms with Crippen molar-refractivity contribution in [2.45, 2.75) is 25.9 Å². The first-order chi connectivity index (χ1) is 8.65. The van der Waals surface area contributed by atoms with Crippen LogP contribution in [-0.2, 0) is 11.3 Å². The van der Waals surface area contributed by atoms with Gasteiger partial charge in [-0.3, -0.25) is 0 Å². The molecule has 0 atom stereocenters. The van der Waals surface area contributed by atoms with E-state index < -0.39 is 11.8 Å². The zero-order valence-corrected chi connectivity index (χ0v) is 10.1. The van der Waals surface area contributed by atoms with Gasteiger partial charge in [-0.1, -0.05) is 0 Å². The van der Waals surface area contributed by atoms with E-state index in [0.717, 1.165) is 25.3 Å². The minimum Gasteiger partial charge on any atom is -0.478 e. The Morgan fingerprint density at radius 1 is 1.28 bits per heavy atom. The number of rotatable bonds is 8. The number of carbonyl (C=O) groups is 1. The molecule has 1 aromatic rings. The average Bonchev–Trinajstić information content (AvgIpc) is 2.35. The number of halogens is 1. The fraction of sp³-hybridized carbons (Fsp3) is 0.462. The number of benzene rings is 1. The summed E-state index contributed by atoms with van der Waals surface area (Å²) in [5.74, 6) is -1.55. The van der Waals surface area contributed by atoms with Crippen LogP contribution < -0.4 is 0 Å². The molecule has 2 N–H and O–H groups in total. The second-order valence-corrected chi connectivity index (χ2v) is 3.95. The molecule has 4 nitrogen and oxygen atoms in total. The van der Waals surface area contributed by atoms with Gasteiger partial charge >= 0.3 is 5.97 Å². The monoisotopic (exact) mass is 256 g/mol. The molecule has 0 amide bonds. The summed E-state index contributed by atoms with van der Waals surface area (Å²) >= 11 is 0. The number of hydrogen-bond donors (Lipinski definition) is 2. The molecular formula is C13H17FO4. The summed E-state index contributed by atoms with van der Waals surface area (Å²) < 4.78 is 18.6. The van der Waals surface area contributed by atoms with E-state index in [4.69, 9.17) is 14.9 Å². The summed E-state index contributed by atoms with van der Waals surface area (Å²) in [5.41, 5.74) is 0.298. The maximum Gasteiger partial charge on any atom is 0.335 e. The van der Waals surface area contributed by atoms with E-state index in [9.17, 15) is 9.18 Å². The molecule has 0 saturated carbocycles. The summed E-state index contributed by atoms with van der Waals surface area (Å²) in [6.45, 7) is 0.693. The Morgan fingerprint density at radius 3 is 2.72 bits per heavy atom. The second kappa shape index (κ2) is 7.79. The molecule has 0 saturated heterocycles. The molecule has 0 aliphatic heterocycles. The van der Waals surface area contributed by atoms with Crippen molar-refractivity contribution in [2.24, 2.45) is 0 Å². The molecule has 0 aromatic heterocycles. The van der Waals surface area contributed by atoms with Crippen LogP contribution in [0.3, 0.4) is 0 Å². The summed E-state index contributed by atoms with van der Waals surface area (Å²) in [6, 6.07) is 3.64. The molecule has 0 aliphatic carbocycles. The van der Waals surface area contributed by atoms with E-state index >= 15 is 0 Å². The number of aromatic carboxylic acids is 1. The first-order valence-corrected chi connectivity index (χ1v) is 5.85. The third kappa shape index (κ3) is 4.81. The van der Waals surface area contributed by atoms with Crippen LogP contribution in [0.2, 0.25) is 0 Å². The maximum absolute atomic E-state index is 13.4. The van der Waals surface area contributed by atoms with Crippen LogP contribution in [-0.4, -0.2) is 29.4 Å². The summed E-state index contributed by atoms with van der Waals surface area (Å²) in [4.78, 5) is 10.7. The van der Waals surface area contributed by atoms with Crippen molar-refractivity contribution in [3.05, 3.63) is 35.1 Å². The third-order valence-corrected chi connectivity index (χ3v) is 2.50. The van der Waals surface area contributed by atoms with Gasteiger partial charge in [-0.2, -0.15) is 0 Å². The lowest BCUT2D eigenvalue weighted by Crippen LogP contribution is -2.02. The predicted molar refractivity (Wildman–Crippen MR) is 64.0 cm³/mol. The number of carboxylic acids is 1. The number of aliphatic hydroxyl groups excluding tert-OH is 1. The van der Waals surface area contributed by atoms with Gasteiger partial charge in [0.1, 0.15) is 5.82 Å². The molecule has 0 heterocycles. The predicted octanol–water partition coefficient (Wildman–Crippen LogP) is 2.20. The maximum atomic E-state index is 13.4. The Morgan fingerprint density at radius 2 is 2.06 bits per heavy atom. The number of aliphatic hydroxyl groups is 1. The fourth-order valence-corrected chi connectivity index (χ4v) is 1.49. The van der Waals surface area contributed by atoms with Crippen molar-refractivity contribution in [1.82, 2.24) is 0 Å². The zero-order valence-electron chi connectivity index (χ0n) is 10.1. The van der Waals surface area contributed by atoms with Gasteiger partial charge in [0, 0.05) is 18.8 Å². The average molecular weight is 256 g/mol. The minimum absolute atomic E-state index is 0.0512. The molecule has 0 aliphatic rings. The molecule has 0 radical (unpaired) electrons. The highest BCUT2D eigenvalue weighted by Crippen LogP contribution is 2.12. The molecule has 1 rings (SSSR count). The van der Waals surface area contributed by atoms with E-state index in [1.807, 2.05) is 0 Å². The molecule has 0 spiro atoms. The Labute approximate surface area is 105 Å². The van der Waals surface area contributed by atoms with Crippen LogP contribution in [0, 0.1) is 5.82 Å². The van der Waals surface area contributed by atoms with Crippen LogP contribution >= 0.6 is 0 Å². The highest BCUT2D eigenvalue weighted by Gasteiger charge is 2.08. The molecule has 18 heavy (non-hydrogen) atoms. The number of hydrogen-bond acceptors (Lipinski definition) is 3. The van der Waals surface area contributed by atoms with Crippen molar-refractivity contribution in [3.8, 4) is 0 Å². The second-order valence-electron chi connectivity index (χ2n) is 3.95. The Hall–Kier alpha value is -1.46. The van der Waals surface area contributed by atoms with Crippen LogP contribution in [0.25, 0.3) is 0 Å². The topological polar surface area (TPSA) is 66.8 Å². The molecule has 1 aromatic carbocycles. The Bertz CT molecular complexity index is 393. The first-order valence-electron chi connectivity index (χ1n) is 5.85. The zero-order chi connectivity index (χ0) is 13.4. The van der Waals surface area contributed by atoms with E-state index in [1.54, 1.807) is 0 Å². The first kappa shape index (κ1) is 14.6. The van der Waals surface area contributed by atoms with Gasteiger partial charge in [0.05, 0.1) is 12.2 Å². The summed E-state index contributed by atoms with van der Waals surface area (Å²) in [7, 11) is 0. The van der Waals surface area contributed by atoms with Crippen molar-refractivity contribution in [2.75, 3.05) is 13.2 Å². The number of carboxylic acid groups (broad SMARTS) is 1. The Balaban J connectivity index is 2.41. The lowest BCUT2D eigenvalue weighted by atomic mass is 10.1. The SMILES string of the molecule is O=C(O)c1ccc(F)c(COCCCCCO)c1. The van der Waals surface area contributed by atoms with E-state index in [1.165, 1.54) is 12.1 Å². The molecule has 0 fully saturated rings. The lowest BCUT2D eigenvalue weighted by molar-refractivity contribution is 0.0696. The minimum atomic E-state index is -1.08. The van der Waals surface area contributed by atoms with E-state index in [0.29, 0.717) is 6.61 Å². The highest BCUT2D eigenvalue weighted by molar-refractivity contribution is 5.87. The molecule has 0 bridgehead atoms. The largest absolute Gasteiger partial charge is 0.478 e. The summed E-state index contributed by atoms with van der Waals surface area (Å²) in [5, 5.41) is 17.4. The smallest absolute Gasteiger partial charge is 0.335 e.